The molecular formula is C15H22N2O5. The van der Waals surface area contributed by atoms with Gasteiger partial charge in [-0.2, -0.15) is 0 Å². The second-order valence-corrected chi connectivity index (χ2v) is 5.34. The lowest BCUT2D eigenvalue weighted by Gasteiger charge is -2.25. The molecule has 0 saturated heterocycles. The van der Waals surface area contributed by atoms with Crippen LogP contribution in [0.2, 0.25) is 0 Å². The molecule has 4 unspecified atom stereocenters. The van der Waals surface area contributed by atoms with Crippen molar-refractivity contribution in [2.75, 3.05) is 6.79 Å². The van der Waals surface area contributed by atoms with Gasteiger partial charge in [0, 0.05) is 7.05 Å². The zero-order valence-corrected chi connectivity index (χ0v) is 12.9. The van der Waals surface area contributed by atoms with Crippen LogP contribution in [0.1, 0.15) is 13.8 Å². The molecule has 0 saturated carbocycles. The predicted molar refractivity (Wildman–Crippen MR) is 80.5 cm³/mol. The minimum atomic E-state index is -1.27. The van der Waals surface area contributed by atoms with E-state index in [-0.39, 0.29) is 6.79 Å². The number of hydrogen-bond acceptors (Lipinski definition) is 6. The van der Waals surface area contributed by atoms with E-state index in [9.17, 15) is 15.3 Å². The molecule has 0 spiro atoms. The van der Waals surface area contributed by atoms with Crippen molar-refractivity contribution < 1.29 is 24.8 Å². The molecule has 0 bridgehead atoms. The summed E-state index contributed by atoms with van der Waals surface area (Å²) in [6.07, 6.45) is -2.49. The fourth-order valence-corrected chi connectivity index (χ4v) is 2.16. The number of aliphatic hydroxyl groups is 3. The Morgan fingerprint density at radius 2 is 1.91 bits per heavy atom. The van der Waals surface area contributed by atoms with Gasteiger partial charge in [-0.1, -0.05) is 6.07 Å². The minimum absolute atomic E-state index is 0.0882. The Morgan fingerprint density at radius 3 is 2.59 bits per heavy atom. The highest BCUT2D eigenvalue weighted by atomic mass is 16.7. The summed E-state index contributed by atoms with van der Waals surface area (Å²) < 4.78 is 12.8. The van der Waals surface area contributed by atoms with Gasteiger partial charge in [-0.15, -0.1) is 0 Å². The maximum Gasteiger partial charge on any atom is 0.189 e. The highest BCUT2D eigenvalue weighted by Gasteiger charge is 2.27. The third-order valence-electron chi connectivity index (χ3n) is 3.57. The third-order valence-corrected chi connectivity index (χ3v) is 3.57. The lowest BCUT2D eigenvalue weighted by Crippen LogP contribution is -2.43. The van der Waals surface area contributed by atoms with Crippen LogP contribution in [0.15, 0.2) is 24.5 Å². The lowest BCUT2D eigenvalue weighted by atomic mass is 10.1. The molecule has 1 heterocycles. The normalized spacial score (nSPS) is 17.2. The molecule has 1 aromatic carbocycles. The summed E-state index contributed by atoms with van der Waals surface area (Å²) in [6.45, 7) is 2.92. The molecule has 7 nitrogen and oxygen atoms in total. The molecule has 7 heteroatoms. The van der Waals surface area contributed by atoms with E-state index in [1.807, 2.05) is 23.7 Å². The number of fused-ring (bicyclic) bond motifs is 1. The van der Waals surface area contributed by atoms with Crippen molar-refractivity contribution in [2.45, 2.75) is 38.3 Å². The molecule has 122 valence electrons. The summed E-state index contributed by atoms with van der Waals surface area (Å²) in [4.78, 5) is 4.23. The Hall–Kier alpha value is -1.67. The SMILES string of the molecule is CC(O)C(O)C(O)C(C)OCOc1cccc2ncn(C)c12. The summed E-state index contributed by atoms with van der Waals surface area (Å²) in [5.74, 6) is 0.621. The van der Waals surface area contributed by atoms with Crippen LogP contribution >= 0.6 is 0 Å². The lowest BCUT2D eigenvalue weighted by molar-refractivity contribution is -0.135. The Morgan fingerprint density at radius 1 is 1.18 bits per heavy atom. The molecule has 3 N–H and O–H groups in total. The smallest absolute Gasteiger partial charge is 0.189 e. The molecule has 4 atom stereocenters. The van der Waals surface area contributed by atoms with Crippen molar-refractivity contribution in [3.05, 3.63) is 24.5 Å². The Labute approximate surface area is 128 Å². The van der Waals surface area contributed by atoms with E-state index in [0.717, 1.165) is 11.0 Å². The van der Waals surface area contributed by atoms with Gasteiger partial charge in [-0.25, -0.2) is 4.98 Å². The standard InChI is InChI=1S/C15H22N2O5/c1-9(18)14(19)15(20)10(2)21-8-22-12-6-4-5-11-13(12)17(3)7-16-11/h4-7,9-10,14-15,18-20H,8H2,1-3H3. The molecule has 0 radical (unpaired) electrons. The second kappa shape index (κ2) is 7.06. The van der Waals surface area contributed by atoms with E-state index in [1.165, 1.54) is 6.92 Å². The number of ether oxygens (including phenoxy) is 2. The van der Waals surface area contributed by atoms with Gasteiger partial charge in [-0.05, 0) is 26.0 Å². The molecular weight excluding hydrogens is 288 g/mol. The van der Waals surface area contributed by atoms with Gasteiger partial charge >= 0.3 is 0 Å². The van der Waals surface area contributed by atoms with E-state index in [2.05, 4.69) is 4.98 Å². The van der Waals surface area contributed by atoms with Crippen molar-refractivity contribution in [3.8, 4) is 5.75 Å². The monoisotopic (exact) mass is 310 g/mol. The highest BCUT2D eigenvalue weighted by molar-refractivity contribution is 5.81. The van der Waals surface area contributed by atoms with Crippen molar-refractivity contribution in [1.29, 1.82) is 0 Å². The van der Waals surface area contributed by atoms with E-state index in [0.29, 0.717) is 5.75 Å². The quantitative estimate of drug-likeness (QED) is 0.641. The molecule has 0 aliphatic rings. The Bertz CT molecular complexity index is 613. The van der Waals surface area contributed by atoms with Gasteiger partial charge in [0.25, 0.3) is 0 Å². The van der Waals surface area contributed by atoms with Gasteiger partial charge in [0.15, 0.2) is 6.79 Å². The average Bonchev–Trinajstić information content (AvgIpc) is 2.88. The molecule has 1 aromatic heterocycles. The van der Waals surface area contributed by atoms with Crippen molar-refractivity contribution in [3.63, 3.8) is 0 Å². The van der Waals surface area contributed by atoms with E-state index >= 15 is 0 Å². The largest absolute Gasteiger partial charge is 0.465 e. The van der Waals surface area contributed by atoms with Crippen LogP contribution < -0.4 is 4.74 Å². The maximum absolute atomic E-state index is 9.83. The fourth-order valence-electron chi connectivity index (χ4n) is 2.16. The van der Waals surface area contributed by atoms with Crippen LogP contribution in [0.25, 0.3) is 11.0 Å². The first kappa shape index (κ1) is 16.7. The number of nitrogens with zero attached hydrogens (tertiary/aromatic N) is 2. The average molecular weight is 310 g/mol. The van der Waals surface area contributed by atoms with Crippen LogP contribution in [0.5, 0.6) is 5.75 Å². The van der Waals surface area contributed by atoms with Gasteiger partial charge in [0.2, 0.25) is 0 Å². The fraction of sp³-hybridized carbons (Fsp3) is 0.533. The van der Waals surface area contributed by atoms with E-state index < -0.39 is 24.4 Å². The Balaban J connectivity index is 1.94. The molecule has 22 heavy (non-hydrogen) atoms. The first-order valence-electron chi connectivity index (χ1n) is 7.10. The van der Waals surface area contributed by atoms with Gasteiger partial charge in [0.1, 0.15) is 23.5 Å². The number of hydrogen-bond donors (Lipinski definition) is 3. The zero-order chi connectivity index (χ0) is 16.3. The number of aliphatic hydroxyl groups excluding tert-OH is 3. The number of imidazole rings is 1. The Kier molecular flexibility index (Phi) is 5.36. The number of para-hydroxylation sites is 1. The zero-order valence-electron chi connectivity index (χ0n) is 12.9. The molecule has 0 fully saturated rings. The van der Waals surface area contributed by atoms with E-state index in [1.54, 1.807) is 19.3 Å². The number of aromatic nitrogens is 2. The number of benzene rings is 1. The van der Waals surface area contributed by atoms with Crippen LogP contribution in [0.4, 0.5) is 0 Å². The van der Waals surface area contributed by atoms with Crippen molar-refractivity contribution in [2.24, 2.45) is 7.05 Å². The third kappa shape index (κ3) is 3.56. The summed E-state index contributed by atoms with van der Waals surface area (Å²) >= 11 is 0. The molecule has 0 aliphatic heterocycles. The summed E-state index contributed by atoms with van der Waals surface area (Å²) in [5.41, 5.74) is 1.67. The minimum Gasteiger partial charge on any atom is -0.465 e. The predicted octanol–water partition coefficient (Wildman–Crippen LogP) is 0.417. The molecule has 0 aliphatic carbocycles. The summed E-state index contributed by atoms with van der Waals surface area (Å²) in [5, 5.41) is 28.7. The van der Waals surface area contributed by atoms with Crippen LogP contribution in [-0.2, 0) is 11.8 Å². The molecule has 2 rings (SSSR count). The highest BCUT2D eigenvalue weighted by Crippen LogP contribution is 2.24. The summed E-state index contributed by atoms with van der Waals surface area (Å²) in [7, 11) is 1.87. The van der Waals surface area contributed by atoms with Crippen LogP contribution in [0.3, 0.4) is 0 Å². The van der Waals surface area contributed by atoms with Gasteiger partial charge < -0.3 is 29.4 Å². The number of rotatable bonds is 7. The topological polar surface area (TPSA) is 97.0 Å². The van der Waals surface area contributed by atoms with Gasteiger partial charge in [-0.3, -0.25) is 0 Å². The van der Waals surface area contributed by atoms with Crippen molar-refractivity contribution in [1.82, 2.24) is 9.55 Å². The number of aryl methyl sites for hydroxylation is 1. The second-order valence-electron chi connectivity index (χ2n) is 5.34. The van der Waals surface area contributed by atoms with E-state index in [4.69, 9.17) is 9.47 Å². The maximum atomic E-state index is 9.83. The van der Waals surface area contributed by atoms with Crippen LogP contribution in [0, 0.1) is 0 Å². The van der Waals surface area contributed by atoms with Crippen molar-refractivity contribution >= 4 is 11.0 Å². The summed E-state index contributed by atoms with van der Waals surface area (Å²) in [6, 6.07) is 5.52. The molecule has 2 aromatic rings. The van der Waals surface area contributed by atoms with Crippen LogP contribution in [-0.4, -0.2) is 56.1 Å². The van der Waals surface area contributed by atoms with Gasteiger partial charge in [0.05, 0.1) is 24.1 Å². The first-order chi connectivity index (χ1) is 10.4. The first-order valence-corrected chi connectivity index (χ1v) is 7.10. The molecule has 0 amide bonds.